The molecule has 1 heteroatoms. The van der Waals surface area contributed by atoms with E-state index in [0.717, 1.165) is 12.8 Å². The van der Waals surface area contributed by atoms with Crippen LogP contribution in [0.2, 0.25) is 0 Å². The number of hydrogen-bond donors (Lipinski definition) is 0. The highest BCUT2D eigenvalue weighted by Gasteiger charge is 2.32. The summed E-state index contributed by atoms with van der Waals surface area (Å²) >= 11 is 0. The Morgan fingerprint density at radius 3 is 2.46 bits per heavy atom. The zero-order valence-corrected chi connectivity index (χ0v) is 7.86. The molecule has 1 aromatic rings. The highest BCUT2D eigenvalue weighted by atomic mass is 16.1. The maximum Gasteiger partial charge on any atom is 0.140 e. The number of rotatable bonds is 1. The van der Waals surface area contributed by atoms with Crippen molar-refractivity contribution in [2.24, 2.45) is 5.92 Å². The molecule has 2 atom stereocenters. The number of carbonyl (C=O) groups excluding carboxylic acids is 1. The molecule has 1 fully saturated rings. The molecule has 0 heterocycles. The molecule has 0 unspecified atom stereocenters. The molecule has 0 spiro atoms. The first-order chi connectivity index (χ1) is 6.29. The molecule has 2 rings (SSSR count). The third kappa shape index (κ3) is 1.51. The third-order valence-electron chi connectivity index (χ3n) is 2.92. The van der Waals surface area contributed by atoms with E-state index in [0.29, 0.717) is 11.7 Å². The molecule has 68 valence electrons. The minimum atomic E-state index is 0.168. The standard InChI is InChI=1S/C12H14O/c1-9-7-8-11(13)12(9)10-5-3-2-4-6-10/h2-6,9,12H,7-8H2,1H3/t9-,12+/m0/s1. The molecule has 1 nitrogen and oxygen atoms in total. The number of hydrogen-bond acceptors (Lipinski definition) is 1. The number of Topliss-reactive ketones (excluding diaryl/α,β-unsaturated/α-hetero) is 1. The molecule has 0 aromatic heterocycles. The van der Waals surface area contributed by atoms with Gasteiger partial charge in [-0.15, -0.1) is 0 Å². The Labute approximate surface area is 78.8 Å². The molecule has 1 aliphatic rings. The fourth-order valence-corrected chi connectivity index (χ4v) is 2.18. The Morgan fingerprint density at radius 1 is 1.23 bits per heavy atom. The van der Waals surface area contributed by atoms with Crippen LogP contribution in [-0.2, 0) is 4.79 Å². The molecule has 0 radical (unpaired) electrons. The third-order valence-corrected chi connectivity index (χ3v) is 2.92. The first-order valence-electron chi connectivity index (χ1n) is 4.86. The maximum absolute atomic E-state index is 11.6. The smallest absolute Gasteiger partial charge is 0.140 e. The molecule has 0 bridgehead atoms. The average molecular weight is 174 g/mol. The first kappa shape index (κ1) is 8.49. The first-order valence-corrected chi connectivity index (χ1v) is 4.86. The van der Waals surface area contributed by atoms with Crippen molar-refractivity contribution in [3.05, 3.63) is 35.9 Å². The molecule has 0 N–H and O–H groups in total. The van der Waals surface area contributed by atoms with Crippen molar-refractivity contribution in [3.63, 3.8) is 0 Å². The van der Waals surface area contributed by atoms with Crippen molar-refractivity contribution in [1.82, 2.24) is 0 Å². The van der Waals surface area contributed by atoms with Crippen molar-refractivity contribution in [2.45, 2.75) is 25.7 Å². The molecule has 13 heavy (non-hydrogen) atoms. The summed E-state index contributed by atoms with van der Waals surface area (Å²) in [5.74, 6) is 1.11. The Bertz CT molecular complexity index is 302. The van der Waals surface area contributed by atoms with Gasteiger partial charge in [-0.2, -0.15) is 0 Å². The van der Waals surface area contributed by atoms with E-state index in [1.165, 1.54) is 5.56 Å². The van der Waals surface area contributed by atoms with E-state index in [-0.39, 0.29) is 5.92 Å². The van der Waals surface area contributed by atoms with Crippen molar-refractivity contribution in [3.8, 4) is 0 Å². The van der Waals surface area contributed by atoms with E-state index < -0.39 is 0 Å². The van der Waals surface area contributed by atoms with E-state index >= 15 is 0 Å². The van der Waals surface area contributed by atoms with Crippen LogP contribution in [-0.4, -0.2) is 5.78 Å². The molecule has 0 saturated heterocycles. The summed E-state index contributed by atoms with van der Waals surface area (Å²) in [4.78, 5) is 11.6. The normalized spacial score (nSPS) is 27.9. The minimum absolute atomic E-state index is 0.168. The molecule has 0 amide bonds. The van der Waals surface area contributed by atoms with E-state index in [2.05, 4.69) is 19.1 Å². The van der Waals surface area contributed by atoms with Gasteiger partial charge >= 0.3 is 0 Å². The van der Waals surface area contributed by atoms with Crippen LogP contribution >= 0.6 is 0 Å². The summed E-state index contributed by atoms with van der Waals surface area (Å²) in [5, 5.41) is 0. The van der Waals surface area contributed by atoms with E-state index in [4.69, 9.17) is 0 Å². The van der Waals surface area contributed by atoms with Crippen molar-refractivity contribution in [1.29, 1.82) is 0 Å². The molecular weight excluding hydrogens is 160 g/mol. The Hall–Kier alpha value is -1.11. The highest BCUT2D eigenvalue weighted by Crippen LogP contribution is 2.36. The lowest BCUT2D eigenvalue weighted by Crippen LogP contribution is -2.09. The van der Waals surface area contributed by atoms with Crippen molar-refractivity contribution >= 4 is 5.78 Å². The van der Waals surface area contributed by atoms with Gasteiger partial charge in [0.1, 0.15) is 5.78 Å². The second kappa shape index (κ2) is 3.33. The lowest BCUT2D eigenvalue weighted by Gasteiger charge is -2.13. The molecular formula is C12H14O. The Kier molecular flexibility index (Phi) is 2.17. The van der Waals surface area contributed by atoms with Gasteiger partial charge in [-0.05, 0) is 17.9 Å². The fraction of sp³-hybridized carbons (Fsp3) is 0.417. The SMILES string of the molecule is C[C@H]1CCC(=O)[C@H]1c1ccccc1. The maximum atomic E-state index is 11.6. The summed E-state index contributed by atoms with van der Waals surface area (Å²) in [5.41, 5.74) is 1.19. The predicted molar refractivity (Wildman–Crippen MR) is 52.6 cm³/mol. The van der Waals surface area contributed by atoms with Crippen LogP contribution in [0.15, 0.2) is 30.3 Å². The lowest BCUT2D eigenvalue weighted by atomic mass is 9.90. The van der Waals surface area contributed by atoms with Crippen LogP contribution < -0.4 is 0 Å². The van der Waals surface area contributed by atoms with Crippen LogP contribution in [0, 0.1) is 5.92 Å². The number of carbonyl (C=O) groups is 1. The molecule has 1 saturated carbocycles. The van der Waals surface area contributed by atoms with Crippen LogP contribution in [0.5, 0.6) is 0 Å². The topological polar surface area (TPSA) is 17.1 Å². The summed E-state index contributed by atoms with van der Waals surface area (Å²) in [7, 11) is 0. The summed E-state index contributed by atoms with van der Waals surface area (Å²) < 4.78 is 0. The minimum Gasteiger partial charge on any atom is -0.299 e. The van der Waals surface area contributed by atoms with Crippen LogP contribution in [0.1, 0.15) is 31.2 Å². The summed E-state index contributed by atoms with van der Waals surface area (Å²) in [6, 6.07) is 10.1. The van der Waals surface area contributed by atoms with Gasteiger partial charge in [0, 0.05) is 12.3 Å². The second-order valence-corrected chi connectivity index (χ2v) is 3.87. The molecule has 1 aliphatic carbocycles. The van der Waals surface area contributed by atoms with Gasteiger partial charge in [0.2, 0.25) is 0 Å². The zero-order valence-electron chi connectivity index (χ0n) is 7.86. The van der Waals surface area contributed by atoms with Crippen molar-refractivity contribution in [2.75, 3.05) is 0 Å². The zero-order chi connectivity index (χ0) is 9.26. The quantitative estimate of drug-likeness (QED) is 0.639. The Morgan fingerprint density at radius 2 is 1.92 bits per heavy atom. The van der Waals surface area contributed by atoms with Gasteiger partial charge in [0.25, 0.3) is 0 Å². The number of ketones is 1. The second-order valence-electron chi connectivity index (χ2n) is 3.87. The van der Waals surface area contributed by atoms with Gasteiger partial charge in [0.15, 0.2) is 0 Å². The summed E-state index contributed by atoms with van der Waals surface area (Å²) in [6.45, 7) is 2.17. The van der Waals surface area contributed by atoms with Crippen LogP contribution in [0.25, 0.3) is 0 Å². The van der Waals surface area contributed by atoms with Gasteiger partial charge in [0.05, 0.1) is 0 Å². The molecule has 0 aliphatic heterocycles. The monoisotopic (exact) mass is 174 g/mol. The van der Waals surface area contributed by atoms with Crippen LogP contribution in [0.3, 0.4) is 0 Å². The Balaban J connectivity index is 2.30. The largest absolute Gasteiger partial charge is 0.299 e. The summed E-state index contributed by atoms with van der Waals surface area (Å²) in [6.07, 6.45) is 1.82. The van der Waals surface area contributed by atoms with E-state index in [9.17, 15) is 4.79 Å². The van der Waals surface area contributed by atoms with E-state index in [1.807, 2.05) is 18.2 Å². The fourth-order valence-electron chi connectivity index (χ4n) is 2.18. The highest BCUT2D eigenvalue weighted by molar-refractivity contribution is 5.88. The van der Waals surface area contributed by atoms with Gasteiger partial charge in [-0.3, -0.25) is 4.79 Å². The van der Waals surface area contributed by atoms with Crippen LogP contribution in [0.4, 0.5) is 0 Å². The van der Waals surface area contributed by atoms with Gasteiger partial charge < -0.3 is 0 Å². The number of benzene rings is 1. The average Bonchev–Trinajstić information content (AvgIpc) is 2.48. The lowest BCUT2D eigenvalue weighted by molar-refractivity contribution is -0.118. The molecule has 1 aromatic carbocycles. The van der Waals surface area contributed by atoms with Gasteiger partial charge in [-0.1, -0.05) is 37.3 Å². The van der Waals surface area contributed by atoms with Crippen molar-refractivity contribution < 1.29 is 4.79 Å². The van der Waals surface area contributed by atoms with Gasteiger partial charge in [-0.25, -0.2) is 0 Å². The predicted octanol–water partition coefficient (Wildman–Crippen LogP) is 2.77. The van der Waals surface area contributed by atoms with E-state index in [1.54, 1.807) is 0 Å².